The summed E-state index contributed by atoms with van der Waals surface area (Å²) in [5.41, 5.74) is 0.378. The van der Waals surface area contributed by atoms with E-state index in [1.54, 1.807) is 30.3 Å². The van der Waals surface area contributed by atoms with E-state index in [0.717, 1.165) is 24.8 Å². The van der Waals surface area contributed by atoms with Crippen molar-refractivity contribution in [3.8, 4) is 0 Å². The Labute approximate surface area is 293 Å². The van der Waals surface area contributed by atoms with Gasteiger partial charge in [0, 0.05) is 68.9 Å². The number of pyridine rings is 1. The van der Waals surface area contributed by atoms with Gasteiger partial charge in [0.25, 0.3) is 11.5 Å². The van der Waals surface area contributed by atoms with Gasteiger partial charge in [-0.15, -0.1) is 0 Å². The van der Waals surface area contributed by atoms with Gasteiger partial charge in [0.2, 0.25) is 23.6 Å². The van der Waals surface area contributed by atoms with Crippen LogP contribution in [0.25, 0.3) is 10.8 Å². The predicted octanol–water partition coefficient (Wildman–Crippen LogP) is 2.94. The molecule has 3 N–H and O–H groups in total. The van der Waals surface area contributed by atoms with Crippen molar-refractivity contribution in [2.45, 2.75) is 80.9 Å². The van der Waals surface area contributed by atoms with Crippen LogP contribution < -0.4 is 10.9 Å². The van der Waals surface area contributed by atoms with Crippen molar-refractivity contribution in [1.82, 2.24) is 24.6 Å². The van der Waals surface area contributed by atoms with Crippen LogP contribution in [0.15, 0.2) is 59.5 Å². The normalized spacial score (nSPS) is 25.0. The minimum atomic E-state index is -5.05. The molecule has 13 nitrogen and oxygen atoms in total. The number of carbonyl (C=O) groups is 4. The standard InChI is InChI=1S/C36H41FN5O8P/c1-21(43)40-14-10-28-7-8-30(35(47)41-19-27(18-36(41)11-12-36)23-9-13-39(2)31(44)17-23)42(28)34(46)29(20-40)38-33(45)25-6-4-22-3-5-24(15-26(22)16-25)32(37)51(48,49)50/h3-6,9,13,15-17,27-30,32H,7-8,10-12,14,18-20H2,1-2H3,(H,38,45)(H2,48,49,50)/t27?,28-,29+,30+,32?/m1/s1. The summed E-state index contributed by atoms with van der Waals surface area (Å²) in [7, 11) is -3.36. The number of aryl methyl sites for hydroxylation is 1. The fourth-order valence-corrected chi connectivity index (χ4v) is 8.76. The number of nitrogens with zero attached hydrogens (tertiary/aromatic N) is 4. The van der Waals surface area contributed by atoms with Crippen molar-refractivity contribution < 1.29 is 37.9 Å². The minimum Gasteiger partial charge on any atom is -0.340 e. The van der Waals surface area contributed by atoms with Crippen molar-refractivity contribution in [2.75, 3.05) is 19.6 Å². The number of alkyl halides is 1. The second-order valence-electron chi connectivity index (χ2n) is 14.5. The maximum atomic E-state index is 14.5. The first-order valence-electron chi connectivity index (χ1n) is 17.2. The van der Waals surface area contributed by atoms with Crippen LogP contribution in [0.3, 0.4) is 0 Å². The highest BCUT2D eigenvalue weighted by atomic mass is 31.2. The zero-order valence-corrected chi connectivity index (χ0v) is 29.3. The number of likely N-dealkylation sites (tertiary alicyclic amines) is 1. The molecule has 2 aromatic carbocycles. The first-order valence-corrected chi connectivity index (χ1v) is 18.9. The van der Waals surface area contributed by atoms with Crippen LogP contribution in [-0.2, 0) is 26.0 Å². The molecule has 3 saturated heterocycles. The highest BCUT2D eigenvalue weighted by Crippen LogP contribution is 2.55. The van der Waals surface area contributed by atoms with Gasteiger partial charge in [-0.05, 0) is 84.7 Å². The van der Waals surface area contributed by atoms with E-state index in [9.17, 15) is 42.7 Å². The van der Waals surface area contributed by atoms with Gasteiger partial charge >= 0.3 is 7.60 Å². The molecule has 0 radical (unpaired) electrons. The van der Waals surface area contributed by atoms with E-state index in [1.807, 2.05) is 11.0 Å². The molecule has 1 saturated carbocycles. The SMILES string of the molecule is CC(=O)N1CC[C@H]2CC[C@@H](C(=O)N3CC(c4ccn(C)c(=O)c4)CC34CC4)N2C(=O)[C@@H](NC(=O)c2ccc3ccc(C(F)P(=O)(O)O)cc3c2)C1. The molecule has 1 aromatic heterocycles. The number of fused-ring (bicyclic) bond motifs is 2. The van der Waals surface area contributed by atoms with Crippen LogP contribution >= 0.6 is 7.60 Å². The molecule has 270 valence electrons. The Hall–Kier alpha value is -4.39. The van der Waals surface area contributed by atoms with Crippen LogP contribution in [-0.4, -0.2) is 96.0 Å². The van der Waals surface area contributed by atoms with Gasteiger partial charge < -0.3 is 34.4 Å². The van der Waals surface area contributed by atoms with E-state index < -0.39 is 37.4 Å². The monoisotopic (exact) mass is 721 g/mol. The summed E-state index contributed by atoms with van der Waals surface area (Å²) in [4.78, 5) is 91.3. The van der Waals surface area contributed by atoms with E-state index >= 15 is 0 Å². The zero-order chi connectivity index (χ0) is 36.4. The van der Waals surface area contributed by atoms with Crippen molar-refractivity contribution in [3.05, 3.63) is 81.8 Å². The average Bonchev–Trinajstić information content (AvgIpc) is 3.58. The molecule has 4 amide bonds. The van der Waals surface area contributed by atoms with Crippen LogP contribution in [0.1, 0.15) is 78.8 Å². The fraction of sp³-hybridized carbons (Fsp3) is 0.472. The Balaban J connectivity index is 1.14. The predicted molar refractivity (Wildman–Crippen MR) is 184 cm³/mol. The van der Waals surface area contributed by atoms with Crippen LogP contribution in [0.4, 0.5) is 4.39 Å². The number of nitrogens with one attached hydrogen (secondary N) is 1. The third-order valence-corrected chi connectivity index (χ3v) is 12.1. The highest BCUT2D eigenvalue weighted by molar-refractivity contribution is 7.51. The summed E-state index contributed by atoms with van der Waals surface area (Å²) >= 11 is 0. The lowest BCUT2D eigenvalue weighted by Gasteiger charge is -2.40. The first kappa shape index (κ1) is 35.0. The third-order valence-electron chi connectivity index (χ3n) is 11.2. The Kier molecular flexibility index (Phi) is 8.92. The Bertz CT molecular complexity index is 2040. The van der Waals surface area contributed by atoms with Crippen molar-refractivity contribution in [3.63, 3.8) is 0 Å². The zero-order valence-electron chi connectivity index (χ0n) is 28.4. The number of amides is 4. The second-order valence-corrected chi connectivity index (χ2v) is 16.1. The smallest absolute Gasteiger partial charge is 0.340 e. The first-order chi connectivity index (χ1) is 24.1. The average molecular weight is 722 g/mol. The number of rotatable bonds is 6. The largest absolute Gasteiger partial charge is 0.363 e. The number of benzene rings is 2. The number of hydrogen-bond acceptors (Lipinski definition) is 6. The van der Waals surface area contributed by atoms with E-state index in [4.69, 9.17) is 0 Å². The molecule has 3 aromatic rings. The number of aromatic nitrogens is 1. The summed E-state index contributed by atoms with van der Waals surface area (Å²) in [5, 5.41) is 3.76. The lowest BCUT2D eigenvalue weighted by atomic mass is 9.96. The van der Waals surface area contributed by atoms with Crippen LogP contribution in [0.5, 0.6) is 0 Å². The molecule has 0 bridgehead atoms. The van der Waals surface area contributed by atoms with E-state index in [-0.39, 0.29) is 52.5 Å². The summed E-state index contributed by atoms with van der Waals surface area (Å²) < 4.78 is 27.5. The molecule has 4 aliphatic rings. The van der Waals surface area contributed by atoms with Gasteiger partial charge in [0.15, 0.2) is 0 Å². The third kappa shape index (κ3) is 6.60. The molecule has 2 unspecified atom stereocenters. The Morgan fingerprint density at radius 2 is 1.73 bits per heavy atom. The quantitative estimate of drug-likeness (QED) is 0.327. The maximum Gasteiger partial charge on any atom is 0.363 e. The summed E-state index contributed by atoms with van der Waals surface area (Å²) in [5.74, 6) is -3.99. The lowest BCUT2D eigenvalue weighted by molar-refractivity contribution is -0.149. The highest BCUT2D eigenvalue weighted by Gasteiger charge is 2.58. The summed E-state index contributed by atoms with van der Waals surface area (Å²) in [6.45, 7) is 2.11. The Morgan fingerprint density at radius 3 is 2.41 bits per heavy atom. The number of carbonyl (C=O) groups excluding carboxylic acids is 4. The van der Waals surface area contributed by atoms with Crippen molar-refractivity contribution in [1.29, 1.82) is 0 Å². The minimum absolute atomic E-state index is 0.00681. The van der Waals surface area contributed by atoms with Crippen LogP contribution in [0.2, 0.25) is 0 Å². The molecule has 1 spiro atoms. The van der Waals surface area contributed by atoms with Gasteiger partial charge in [0.05, 0.1) is 0 Å². The van der Waals surface area contributed by atoms with Gasteiger partial charge in [-0.3, -0.25) is 28.5 Å². The van der Waals surface area contributed by atoms with E-state index in [2.05, 4.69) is 5.32 Å². The summed E-state index contributed by atoms with van der Waals surface area (Å²) in [6.07, 6.45) is 5.72. The van der Waals surface area contributed by atoms with Gasteiger partial charge in [0.1, 0.15) is 12.1 Å². The van der Waals surface area contributed by atoms with Gasteiger partial charge in [-0.25, -0.2) is 4.39 Å². The topological polar surface area (TPSA) is 170 Å². The number of halogens is 1. The Morgan fingerprint density at radius 1 is 0.980 bits per heavy atom. The molecule has 7 rings (SSSR count). The lowest BCUT2D eigenvalue weighted by Crippen LogP contribution is -2.61. The molecule has 1 aliphatic carbocycles. The van der Waals surface area contributed by atoms with Crippen molar-refractivity contribution >= 4 is 42.0 Å². The molecule has 51 heavy (non-hydrogen) atoms. The van der Waals surface area contributed by atoms with E-state index in [1.165, 1.54) is 46.7 Å². The molecule has 4 heterocycles. The van der Waals surface area contributed by atoms with Gasteiger partial charge in [-0.2, -0.15) is 0 Å². The molecule has 3 aliphatic heterocycles. The van der Waals surface area contributed by atoms with Crippen molar-refractivity contribution in [2.24, 2.45) is 7.05 Å². The maximum absolute atomic E-state index is 14.5. The molecule has 5 atom stereocenters. The second kappa shape index (κ2) is 13.0. The molecule has 15 heteroatoms. The fourth-order valence-electron chi connectivity index (χ4n) is 8.21. The van der Waals surface area contributed by atoms with Crippen LogP contribution in [0, 0.1) is 0 Å². The number of hydrogen-bond donors (Lipinski definition) is 3. The molecular formula is C36H41FN5O8P. The summed E-state index contributed by atoms with van der Waals surface area (Å²) in [6, 6.07) is 9.98. The molecular weight excluding hydrogens is 680 g/mol. The molecule has 4 fully saturated rings. The van der Waals surface area contributed by atoms with E-state index in [0.29, 0.717) is 43.1 Å². The van der Waals surface area contributed by atoms with Gasteiger partial charge in [-0.1, -0.05) is 18.2 Å².